The Hall–Kier alpha value is -2.08. The van der Waals surface area contributed by atoms with E-state index in [1.54, 1.807) is 7.11 Å². The van der Waals surface area contributed by atoms with Gasteiger partial charge in [0, 0.05) is 44.8 Å². The summed E-state index contributed by atoms with van der Waals surface area (Å²) in [6.45, 7) is 5.18. The number of hydrogen-bond acceptors (Lipinski definition) is 4. The van der Waals surface area contributed by atoms with Crippen LogP contribution in [0.1, 0.15) is 51.0 Å². The highest BCUT2D eigenvalue weighted by Crippen LogP contribution is 2.25. The fraction of sp³-hybridized carbons (Fsp3) is 0.652. The lowest BCUT2D eigenvalue weighted by atomic mass is 9.95. The van der Waals surface area contributed by atoms with Gasteiger partial charge < -0.3 is 19.3 Å². The van der Waals surface area contributed by atoms with Crippen molar-refractivity contribution >= 4 is 11.8 Å². The third-order valence-corrected chi connectivity index (χ3v) is 5.90. The van der Waals surface area contributed by atoms with E-state index in [2.05, 4.69) is 0 Å². The standard InChI is InChI=1S/C23H34N2O4/c1-3-8-22(26)24-13-6-10-19(16-24)23(27)25(17-20-11-7-14-29-20)15-18-9-4-5-12-21(18)28-2/h4-5,9,12,19-20H,3,6-8,10-11,13-17H2,1-2H3. The molecular weight excluding hydrogens is 368 g/mol. The Labute approximate surface area is 174 Å². The Kier molecular flexibility index (Phi) is 7.92. The number of benzene rings is 1. The topological polar surface area (TPSA) is 59.1 Å². The average Bonchev–Trinajstić information content (AvgIpc) is 3.26. The molecule has 29 heavy (non-hydrogen) atoms. The second-order valence-corrected chi connectivity index (χ2v) is 8.09. The van der Waals surface area contributed by atoms with E-state index in [1.807, 2.05) is 41.0 Å². The van der Waals surface area contributed by atoms with E-state index in [1.165, 1.54) is 0 Å². The summed E-state index contributed by atoms with van der Waals surface area (Å²) in [4.78, 5) is 29.7. The number of ether oxygens (including phenoxy) is 2. The Bertz CT molecular complexity index is 687. The fourth-order valence-electron chi connectivity index (χ4n) is 4.34. The minimum Gasteiger partial charge on any atom is -0.496 e. The zero-order chi connectivity index (χ0) is 20.6. The van der Waals surface area contributed by atoms with E-state index in [-0.39, 0.29) is 23.8 Å². The number of carbonyl (C=O) groups excluding carboxylic acids is 2. The molecule has 0 bridgehead atoms. The highest BCUT2D eigenvalue weighted by Gasteiger charge is 2.33. The summed E-state index contributed by atoms with van der Waals surface area (Å²) >= 11 is 0. The van der Waals surface area contributed by atoms with Crippen LogP contribution in [0.5, 0.6) is 5.75 Å². The number of hydrogen-bond donors (Lipinski definition) is 0. The van der Waals surface area contributed by atoms with Crippen molar-refractivity contribution in [1.82, 2.24) is 9.80 Å². The first-order valence-corrected chi connectivity index (χ1v) is 10.9. The van der Waals surface area contributed by atoms with Crippen molar-refractivity contribution in [3.63, 3.8) is 0 Å². The number of methoxy groups -OCH3 is 1. The molecule has 6 nitrogen and oxygen atoms in total. The predicted molar refractivity (Wildman–Crippen MR) is 112 cm³/mol. The van der Waals surface area contributed by atoms with Gasteiger partial charge in [-0.15, -0.1) is 0 Å². The quantitative estimate of drug-likeness (QED) is 0.670. The van der Waals surface area contributed by atoms with Gasteiger partial charge in [-0.05, 0) is 38.2 Å². The highest BCUT2D eigenvalue weighted by molar-refractivity contribution is 5.81. The van der Waals surface area contributed by atoms with Gasteiger partial charge in [-0.2, -0.15) is 0 Å². The monoisotopic (exact) mass is 402 g/mol. The van der Waals surface area contributed by atoms with Gasteiger partial charge in [0.25, 0.3) is 0 Å². The van der Waals surface area contributed by atoms with E-state index in [0.29, 0.717) is 26.1 Å². The van der Waals surface area contributed by atoms with Crippen molar-refractivity contribution in [2.75, 3.05) is 33.4 Å². The molecule has 2 amide bonds. The van der Waals surface area contributed by atoms with E-state index < -0.39 is 0 Å². The summed E-state index contributed by atoms with van der Waals surface area (Å²) in [5, 5.41) is 0. The maximum absolute atomic E-state index is 13.5. The third kappa shape index (κ3) is 5.72. The third-order valence-electron chi connectivity index (χ3n) is 5.90. The molecule has 2 heterocycles. The molecule has 1 aromatic rings. The number of piperidine rings is 1. The fourth-order valence-corrected chi connectivity index (χ4v) is 4.34. The molecule has 3 rings (SSSR count). The summed E-state index contributed by atoms with van der Waals surface area (Å²) in [6.07, 6.45) is 5.24. The normalized spacial score (nSPS) is 21.8. The molecule has 1 aromatic carbocycles. The number of likely N-dealkylation sites (tertiary alicyclic amines) is 1. The maximum atomic E-state index is 13.5. The number of para-hydroxylation sites is 1. The van der Waals surface area contributed by atoms with Gasteiger partial charge in [0.1, 0.15) is 5.75 Å². The number of nitrogens with zero attached hydrogens (tertiary/aromatic N) is 2. The SMILES string of the molecule is CCCC(=O)N1CCCC(C(=O)N(Cc2ccccc2OC)CC2CCCO2)C1. The van der Waals surface area contributed by atoms with Crippen molar-refractivity contribution in [2.24, 2.45) is 5.92 Å². The molecule has 2 unspecified atom stereocenters. The minimum atomic E-state index is -0.138. The molecular formula is C23H34N2O4. The van der Waals surface area contributed by atoms with Gasteiger partial charge in [-0.25, -0.2) is 0 Å². The van der Waals surface area contributed by atoms with E-state index >= 15 is 0 Å². The second-order valence-electron chi connectivity index (χ2n) is 8.09. The van der Waals surface area contributed by atoms with Gasteiger partial charge in [0.15, 0.2) is 0 Å². The van der Waals surface area contributed by atoms with Gasteiger partial charge >= 0.3 is 0 Å². The van der Waals surface area contributed by atoms with Crippen LogP contribution in [-0.4, -0.2) is 61.1 Å². The molecule has 0 radical (unpaired) electrons. The van der Waals surface area contributed by atoms with Crippen molar-refractivity contribution in [1.29, 1.82) is 0 Å². The van der Waals surface area contributed by atoms with Gasteiger partial charge in [-0.1, -0.05) is 25.1 Å². The van der Waals surface area contributed by atoms with Crippen LogP contribution in [0.15, 0.2) is 24.3 Å². The highest BCUT2D eigenvalue weighted by atomic mass is 16.5. The van der Waals surface area contributed by atoms with Crippen LogP contribution >= 0.6 is 0 Å². The van der Waals surface area contributed by atoms with Crippen LogP contribution in [0, 0.1) is 5.92 Å². The molecule has 160 valence electrons. The number of rotatable bonds is 8. The van der Waals surface area contributed by atoms with Gasteiger partial charge in [0.05, 0.1) is 19.1 Å². The Morgan fingerprint density at radius 1 is 1.24 bits per heavy atom. The van der Waals surface area contributed by atoms with Crippen LogP contribution in [0.4, 0.5) is 0 Å². The van der Waals surface area contributed by atoms with E-state index in [9.17, 15) is 9.59 Å². The van der Waals surface area contributed by atoms with Crippen molar-refractivity contribution < 1.29 is 19.1 Å². The van der Waals surface area contributed by atoms with Crippen molar-refractivity contribution in [3.8, 4) is 5.75 Å². The molecule has 0 aromatic heterocycles. The van der Waals surface area contributed by atoms with Crippen LogP contribution < -0.4 is 4.74 Å². The predicted octanol–water partition coefficient (Wildman–Crippen LogP) is 3.24. The average molecular weight is 403 g/mol. The summed E-state index contributed by atoms with van der Waals surface area (Å²) in [5.41, 5.74) is 0.996. The Balaban J connectivity index is 1.73. The zero-order valence-corrected chi connectivity index (χ0v) is 17.8. The smallest absolute Gasteiger partial charge is 0.227 e. The molecule has 0 N–H and O–H groups in total. The number of carbonyl (C=O) groups is 2. The number of amides is 2. The van der Waals surface area contributed by atoms with Crippen LogP contribution in [0.3, 0.4) is 0 Å². The molecule has 2 saturated heterocycles. The molecule has 2 aliphatic heterocycles. The Morgan fingerprint density at radius 3 is 2.79 bits per heavy atom. The van der Waals surface area contributed by atoms with Gasteiger partial charge in [-0.3, -0.25) is 9.59 Å². The first-order chi connectivity index (χ1) is 14.1. The van der Waals surface area contributed by atoms with E-state index in [4.69, 9.17) is 9.47 Å². The van der Waals surface area contributed by atoms with Gasteiger partial charge in [0.2, 0.25) is 11.8 Å². The second kappa shape index (κ2) is 10.6. The lowest BCUT2D eigenvalue weighted by Gasteiger charge is -2.36. The molecule has 0 aliphatic carbocycles. The summed E-state index contributed by atoms with van der Waals surface area (Å²) < 4.78 is 11.3. The molecule has 2 atom stereocenters. The summed E-state index contributed by atoms with van der Waals surface area (Å²) in [5.74, 6) is 0.947. The minimum absolute atomic E-state index is 0.0927. The largest absolute Gasteiger partial charge is 0.496 e. The molecule has 2 fully saturated rings. The molecule has 0 saturated carbocycles. The maximum Gasteiger partial charge on any atom is 0.227 e. The molecule has 2 aliphatic rings. The summed E-state index contributed by atoms with van der Waals surface area (Å²) in [7, 11) is 1.66. The first-order valence-electron chi connectivity index (χ1n) is 10.9. The molecule has 6 heteroatoms. The first kappa shape index (κ1) is 21.6. The molecule has 0 spiro atoms. The van der Waals surface area contributed by atoms with Crippen LogP contribution in [0.2, 0.25) is 0 Å². The van der Waals surface area contributed by atoms with Crippen molar-refractivity contribution in [2.45, 2.75) is 58.1 Å². The van der Waals surface area contributed by atoms with E-state index in [0.717, 1.165) is 56.6 Å². The summed E-state index contributed by atoms with van der Waals surface area (Å²) in [6, 6.07) is 7.84. The zero-order valence-electron chi connectivity index (χ0n) is 17.8. The van der Waals surface area contributed by atoms with Crippen LogP contribution in [-0.2, 0) is 20.9 Å². The lowest BCUT2D eigenvalue weighted by molar-refractivity contribution is -0.142. The lowest BCUT2D eigenvalue weighted by Crippen LogP contribution is -2.48. The van der Waals surface area contributed by atoms with Crippen molar-refractivity contribution in [3.05, 3.63) is 29.8 Å². The van der Waals surface area contributed by atoms with Crippen LogP contribution in [0.25, 0.3) is 0 Å². The Morgan fingerprint density at radius 2 is 2.07 bits per heavy atom.